The van der Waals surface area contributed by atoms with Crippen LogP contribution in [0.4, 0.5) is 0 Å². The fourth-order valence-electron chi connectivity index (χ4n) is 4.90. The highest BCUT2D eigenvalue weighted by Gasteiger charge is 2.14. The Hall–Kier alpha value is -0.520. The van der Waals surface area contributed by atoms with Crippen molar-refractivity contribution in [3.8, 4) is 0 Å². The van der Waals surface area contributed by atoms with Crippen molar-refractivity contribution in [1.29, 1.82) is 0 Å². The number of nitrogens with one attached hydrogen (secondary N) is 1. The highest BCUT2D eigenvalue weighted by Crippen LogP contribution is 2.00. The van der Waals surface area contributed by atoms with Gasteiger partial charge in [-0.05, 0) is 161 Å². The highest BCUT2D eigenvalue weighted by molar-refractivity contribution is 4.59. The topological polar surface area (TPSA) is 50.9 Å². The summed E-state index contributed by atoms with van der Waals surface area (Å²) < 4.78 is 0. The maximum absolute atomic E-state index is 2.75. The molecule has 0 amide bonds. The van der Waals surface area contributed by atoms with Gasteiger partial charge in [-0.1, -0.05) is 28.7 Å². The molecule has 0 unspecified atom stereocenters. The molecule has 0 aromatic carbocycles. The molecule has 1 N–H and O–H groups in total. The fourth-order valence-corrected chi connectivity index (χ4v) is 4.90. The molecule has 0 saturated carbocycles. The van der Waals surface area contributed by atoms with E-state index in [1.807, 2.05) is 14.1 Å². The fraction of sp³-hybridized carbons (Fsp3) is 1.00. The van der Waals surface area contributed by atoms with Crippen LogP contribution in [0, 0.1) is 5.92 Å². The second-order valence-electron chi connectivity index (χ2n) is 15.0. The molecule has 0 aliphatic rings. The third kappa shape index (κ3) is 57.7. The van der Waals surface area contributed by atoms with Crippen molar-refractivity contribution >= 4 is 0 Å². The molecule has 0 aliphatic carbocycles. The minimum atomic E-state index is 0. The number of hydrogen-bond acceptors (Lipinski definition) is 13. The van der Waals surface area contributed by atoms with Crippen LogP contribution in [0.2, 0.25) is 0 Å². The molecule has 0 spiro atoms. The van der Waals surface area contributed by atoms with Gasteiger partial charge in [-0.25, -0.2) is 0 Å². The summed E-state index contributed by atoms with van der Waals surface area (Å²) in [5.74, 6) is 0.736. The number of nitrogens with zero attached hydrogens (tertiary/aromatic N) is 12. The average molecular weight is 700 g/mol. The zero-order chi connectivity index (χ0) is 37.7. The first-order valence-corrected chi connectivity index (χ1v) is 16.4. The van der Waals surface area contributed by atoms with Crippen molar-refractivity contribution in [1.82, 2.24) is 64.1 Å². The second-order valence-corrected chi connectivity index (χ2v) is 15.0. The summed E-state index contributed by atoms with van der Waals surface area (Å²) in [4.78, 5) is 26.5. The molecular weight excluding hydrogens is 602 g/mol. The zero-order valence-electron chi connectivity index (χ0n) is 36.0. The lowest BCUT2D eigenvalue weighted by molar-refractivity contribution is 0.00961. The zero-order valence-corrected chi connectivity index (χ0v) is 36.0. The van der Waals surface area contributed by atoms with E-state index >= 15 is 0 Å². The predicted octanol–water partition coefficient (Wildman–Crippen LogP) is 1.96. The van der Waals surface area contributed by atoms with Crippen molar-refractivity contribution < 1.29 is 0 Å². The predicted molar refractivity (Wildman–Crippen MR) is 222 cm³/mol. The van der Waals surface area contributed by atoms with Gasteiger partial charge in [0.05, 0.1) is 33.3 Å². The van der Waals surface area contributed by atoms with E-state index in [1.165, 1.54) is 0 Å². The lowest BCUT2D eigenvalue weighted by Crippen LogP contribution is -2.50. The summed E-state index contributed by atoms with van der Waals surface area (Å²) in [7, 11) is 45.5. The van der Waals surface area contributed by atoms with Gasteiger partial charge in [0, 0.05) is 13.2 Å². The minimum Gasteiger partial charge on any atom is -0.323 e. The lowest BCUT2D eigenvalue weighted by atomic mass is 10.2. The SMILES string of the molecule is C.C.CC(C)CN(CN(C)C)CN(C)C.CN(C)C(N(C)C)N(C)C.CN(C)CN(C)C.CN(C)CN(C)CN(C)CN(C)C.CNC. The van der Waals surface area contributed by atoms with Gasteiger partial charge in [0.15, 0.2) is 0 Å². The van der Waals surface area contributed by atoms with Crippen LogP contribution in [-0.2, 0) is 0 Å². The molecule has 0 saturated heterocycles. The normalized spacial score (nSPS) is 11.4. The molecule has 0 heterocycles. The molecule has 0 aromatic heterocycles. The Morgan fingerprint density at radius 1 is 0.375 bits per heavy atom. The molecule has 0 atom stereocenters. The van der Waals surface area contributed by atoms with Crippen LogP contribution < -0.4 is 5.32 Å². The third-order valence-electron chi connectivity index (χ3n) is 5.07. The number of rotatable bonds is 17. The van der Waals surface area contributed by atoms with Crippen LogP contribution in [-0.4, -0.2) is 267 Å². The molecule has 0 radical (unpaired) electrons. The van der Waals surface area contributed by atoms with Crippen molar-refractivity contribution in [2.24, 2.45) is 5.92 Å². The van der Waals surface area contributed by atoms with Crippen LogP contribution >= 0.6 is 0 Å². The molecule has 13 heteroatoms. The van der Waals surface area contributed by atoms with Gasteiger partial charge in [-0.2, -0.15) is 0 Å². The van der Waals surface area contributed by atoms with Crippen LogP contribution in [0.1, 0.15) is 28.7 Å². The van der Waals surface area contributed by atoms with Gasteiger partial charge in [0.25, 0.3) is 0 Å². The average Bonchev–Trinajstić information content (AvgIpc) is 2.76. The van der Waals surface area contributed by atoms with E-state index in [0.29, 0.717) is 6.29 Å². The maximum Gasteiger partial charge on any atom is 0.118 e. The maximum atomic E-state index is 2.75. The summed E-state index contributed by atoms with van der Waals surface area (Å²) in [5, 5.41) is 2.75. The van der Waals surface area contributed by atoms with E-state index in [1.54, 1.807) is 0 Å². The summed E-state index contributed by atoms with van der Waals surface area (Å²) >= 11 is 0. The van der Waals surface area contributed by atoms with Gasteiger partial charge < -0.3 is 5.32 Å². The molecule has 0 rings (SSSR count). The molecule has 0 aliphatic heterocycles. The minimum absolute atomic E-state index is 0. The quantitative estimate of drug-likeness (QED) is 0.226. The van der Waals surface area contributed by atoms with Gasteiger partial charge in [0.2, 0.25) is 0 Å². The van der Waals surface area contributed by atoms with Gasteiger partial charge in [0.1, 0.15) is 6.29 Å². The Labute approximate surface area is 306 Å². The molecular formula is C35H97N13. The first kappa shape index (κ1) is 62.6. The summed E-state index contributed by atoms with van der Waals surface area (Å²) in [6.45, 7) is 11.8. The van der Waals surface area contributed by atoms with E-state index in [-0.39, 0.29) is 14.9 Å². The van der Waals surface area contributed by atoms with Gasteiger partial charge in [-0.3, -0.25) is 58.8 Å². The molecule has 0 aromatic rings. The van der Waals surface area contributed by atoms with Gasteiger partial charge >= 0.3 is 0 Å². The molecule has 13 nitrogen and oxygen atoms in total. The molecule has 0 fully saturated rings. The highest BCUT2D eigenvalue weighted by atomic mass is 15.5. The number of hydrogen-bond donors (Lipinski definition) is 1. The Kier molecular flexibility index (Phi) is 51.2. The van der Waals surface area contributed by atoms with E-state index in [4.69, 9.17) is 0 Å². The van der Waals surface area contributed by atoms with Crippen molar-refractivity contribution in [3.05, 3.63) is 0 Å². The van der Waals surface area contributed by atoms with E-state index in [0.717, 1.165) is 52.5 Å². The van der Waals surface area contributed by atoms with Crippen LogP contribution in [0.15, 0.2) is 0 Å². The molecule has 48 heavy (non-hydrogen) atoms. The van der Waals surface area contributed by atoms with Crippen LogP contribution in [0.5, 0.6) is 0 Å². The summed E-state index contributed by atoms with van der Waals surface area (Å²) in [6.07, 6.45) is 0.389. The summed E-state index contributed by atoms with van der Waals surface area (Å²) in [6, 6.07) is 0. The van der Waals surface area contributed by atoms with E-state index in [2.05, 4.69) is 219 Å². The van der Waals surface area contributed by atoms with Crippen LogP contribution in [0.3, 0.4) is 0 Å². The Balaban J connectivity index is -0.0000000913. The Bertz CT molecular complexity index is 522. The molecule has 0 bridgehead atoms. The largest absolute Gasteiger partial charge is 0.323 e. The smallest absolute Gasteiger partial charge is 0.118 e. The van der Waals surface area contributed by atoms with Crippen molar-refractivity contribution in [2.45, 2.75) is 35.0 Å². The Morgan fingerprint density at radius 2 is 0.604 bits per heavy atom. The monoisotopic (exact) mass is 700 g/mol. The second kappa shape index (κ2) is 39.3. The third-order valence-corrected chi connectivity index (χ3v) is 5.07. The van der Waals surface area contributed by atoms with Gasteiger partial charge in [-0.15, -0.1) is 0 Å². The van der Waals surface area contributed by atoms with E-state index in [9.17, 15) is 0 Å². The summed E-state index contributed by atoms with van der Waals surface area (Å²) in [5.41, 5.74) is 0. The van der Waals surface area contributed by atoms with Crippen molar-refractivity contribution in [2.75, 3.05) is 202 Å². The van der Waals surface area contributed by atoms with Crippen LogP contribution in [0.25, 0.3) is 0 Å². The Morgan fingerprint density at radius 3 is 0.729 bits per heavy atom. The molecule has 302 valence electrons. The lowest BCUT2D eigenvalue weighted by Gasteiger charge is -2.35. The van der Waals surface area contributed by atoms with E-state index < -0.39 is 0 Å². The first-order chi connectivity index (χ1) is 20.8. The van der Waals surface area contributed by atoms with Crippen molar-refractivity contribution in [3.63, 3.8) is 0 Å². The standard InChI is InChI=1S/C10H25N3.C9H24N4.C7H19N3.C5H14N2.C2H7N.2CH4/c1-10(2)7-13(8-11(3)4)9-12(5)6;1-10(2)7-12(5)9-13(6)8-11(3)4;1-8(2)7(9(3)4)10(5)6;1-6(2)5-7(3)4;1-3-2;;/h10H,7-9H2,1-6H3;7-9H2,1-6H3;7H,1-6H3;5H2,1-4H3;3H,1-2H3;2*1H4. The first-order valence-electron chi connectivity index (χ1n) is 16.4.